The van der Waals surface area contributed by atoms with E-state index in [0.29, 0.717) is 5.75 Å². The predicted octanol–water partition coefficient (Wildman–Crippen LogP) is 3.31. The van der Waals surface area contributed by atoms with Gasteiger partial charge in [0, 0.05) is 24.9 Å². The molecule has 130 valence electrons. The number of hydrogen-bond acceptors (Lipinski definition) is 5. The molecule has 1 atom stereocenters. The molecule has 3 aromatic rings. The summed E-state index contributed by atoms with van der Waals surface area (Å²) < 4.78 is 12.9. The van der Waals surface area contributed by atoms with Crippen LogP contribution in [-0.2, 0) is 4.74 Å². The maximum absolute atomic E-state index is 10.1. The summed E-state index contributed by atoms with van der Waals surface area (Å²) in [6.45, 7) is 1.57. The van der Waals surface area contributed by atoms with Gasteiger partial charge in [-0.2, -0.15) is 0 Å². The highest BCUT2D eigenvalue weighted by Gasteiger charge is 2.19. The number of benzene rings is 1. The van der Waals surface area contributed by atoms with Gasteiger partial charge in [0.25, 0.3) is 0 Å². The minimum absolute atomic E-state index is 0.0992. The van der Waals surface area contributed by atoms with E-state index >= 15 is 0 Å². The van der Waals surface area contributed by atoms with E-state index in [1.807, 2.05) is 34.9 Å². The quantitative estimate of drug-likeness (QED) is 0.746. The number of imidazole rings is 1. The first-order valence-corrected chi connectivity index (χ1v) is 8.46. The lowest BCUT2D eigenvalue weighted by Gasteiger charge is -2.13. The van der Waals surface area contributed by atoms with Crippen LogP contribution < -0.4 is 10.1 Å². The molecular formula is C19H21N3O3. The second-order valence-electron chi connectivity index (χ2n) is 6.14. The van der Waals surface area contributed by atoms with Crippen molar-refractivity contribution in [3.05, 3.63) is 42.6 Å². The topological polar surface area (TPSA) is 68.0 Å². The number of nitrogens with zero attached hydrogens (tertiary/aromatic N) is 2. The Morgan fingerprint density at radius 2 is 2.28 bits per heavy atom. The van der Waals surface area contributed by atoms with Gasteiger partial charge in [-0.05, 0) is 43.2 Å². The van der Waals surface area contributed by atoms with Crippen molar-refractivity contribution in [2.24, 2.45) is 0 Å². The minimum Gasteiger partial charge on any atom is -0.504 e. The highest BCUT2D eigenvalue weighted by atomic mass is 16.5. The molecule has 0 bridgehead atoms. The molecule has 1 aromatic carbocycles. The Morgan fingerprint density at radius 3 is 3.04 bits per heavy atom. The van der Waals surface area contributed by atoms with Crippen LogP contribution in [0.1, 0.15) is 12.8 Å². The number of aromatic nitrogens is 2. The zero-order valence-electron chi connectivity index (χ0n) is 14.1. The van der Waals surface area contributed by atoms with Crippen LogP contribution in [0.2, 0.25) is 0 Å². The van der Waals surface area contributed by atoms with Crippen molar-refractivity contribution in [2.75, 3.05) is 25.6 Å². The monoisotopic (exact) mass is 339 g/mol. The summed E-state index contributed by atoms with van der Waals surface area (Å²) in [6, 6.07) is 11.2. The summed E-state index contributed by atoms with van der Waals surface area (Å²) >= 11 is 0. The van der Waals surface area contributed by atoms with Crippen LogP contribution in [0.5, 0.6) is 11.5 Å². The Hall–Kier alpha value is -2.73. The first-order valence-electron chi connectivity index (χ1n) is 8.46. The van der Waals surface area contributed by atoms with Gasteiger partial charge in [0.2, 0.25) is 0 Å². The third-order valence-corrected chi connectivity index (χ3v) is 4.50. The van der Waals surface area contributed by atoms with Crippen molar-refractivity contribution < 1.29 is 14.6 Å². The lowest BCUT2D eigenvalue weighted by Crippen LogP contribution is -2.19. The van der Waals surface area contributed by atoms with E-state index in [1.165, 1.54) is 7.11 Å². The average molecular weight is 339 g/mol. The molecule has 4 rings (SSSR count). The van der Waals surface area contributed by atoms with Crippen LogP contribution in [0.3, 0.4) is 0 Å². The zero-order valence-corrected chi connectivity index (χ0v) is 14.1. The van der Waals surface area contributed by atoms with E-state index in [4.69, 9.17) is 14.5 Å². The van der Waals surface area contributed by atoms with E-state index in [2.05, 4.69) is 5.32 Å². The average Bonchev–Trinajstić information content (AvgIpc) is 3.27. The third kappa shape index (κ3) is 3.00. The lowest BCUT2D eigenvalue weighted by atomic mass is 10.1. The molecule has 1 fully saturated rings. The zero-order chi connectivity index (χ0) is 17.2. The maximum Gasteiger partial charge on any atom is 0.160 e. The minimum atomic E-state index is 0.0992. The van der Waals surface area contributed by atoms with Crippen LogP contribution in [0.25, 0.3) is 16.9 Å². The predicted molar refractivity (Wildman–Crippen MR) is 96.3 cm³/mol. The molecular weight excluding hydrogens is 318 g/mol. The summed E-state index contributed by atoms with van der Waals surface area (Å²) in [6.07, 6.45) is 4.39. The molecule has 2 N–H and O–H groups in total. The summed E-state index contributed by atoms with van der Waals surface area (Å²) in [7, 11) is 1.54. The molecule has 0 saturated carbocycles. The normalized spacial score (nSPS) is 17.1. The summed E-state index contributed by atoms with van der Waals surface area (Å²) in [5, 5.41) is 13.6. The van der Waals surface area contributed by atoms with Crippen molar-refractivity contribution >= 4 is 11.5 Å². The molecule has 0 aliphatic carbocycles. The molecule has 1 saturated heterocycles. The number of rotatable bonds is 5. The number of hydrogen-bond donors (Lipinski definition) is 2. The Kier molecular flexibility index (Phi) is 4.19. The second-order valence-corrected chi connectivity index (χ2v) is 6.14. The van der Waals surface area contributed by atoms with Gasteiger partial charge in [0.05, 0.1) is 13.2 Å². The Labute approximate surface area is 146 Å². The number of fused-ring (bicyclic) bond motifs is 1. The van der Waals surface area contributed by atoms with E-state index in [-0.39, 0.29) is 11.9 Å². The molecule has 2 aromatic heterocycles. The summed E-state index contributed by atoms with van der Waals surface area (Å²) in [5.74, 6) is 1.44. The Balaban J connectivity index is 1.74. The number of phenolic OH excluding ortho intramolecular Hbond substituents is 1. The van der Waals surface area contributed by atoms with Gasteiger partial charge in [-0.25, -0.2) is 4.98 Å². The van der Waals surface area contributed by atoms with Crippen LogP contribution in [-0.4, -0.2) is 40.9 Å². The molecule has 1 aliphatic heterocycles. The molecule has 0 amide bonds. The standard InChI is InChI=1S/C19H21N3O3/c1-24-16-8-7-13(11-15(16)23)18-19(20-12-14-5-4-10-25-14)22-9-3-2-6-17(22)21-18/h2-3,6-9,11,14,20,23H,4-5,10,12H2,1H3. The van der Waals surface area contributed by atoms with Crippen molar-refractivity contribution in [3.8, 4) is 22.8 Å². The second kappa shape index (κ2) is 6.64. The third-order valence-electron chi connectivity index (χ3n) is 4.50. The van der Waals surface area contributed by atoms with Crippen molar-refractivity contribution in [1.29, 1.82) is 0 Å². The first kappa shape index (κ1) is 15.8. The highest BCUT2D eigenvalue weighted by molar-refractivity contribution is 5.78. The SMILES string of the molecule is COc1ccc(-c2nc3ccccn3c2NCC2CCCO2)cc1O. The number of methoxy groups -OCH3 is 1. The number of aromatic hydroxyl groups is 1. The van der Waals surface area contributed by atoms with Gasteiger partial charge < -0.3 is 19.9 Å². The number of phenols is 1. The van der Waals surface area contributed by atoms with E-state index in [1.54, 1.807) is 12.1 Å². The van der Waals surface area contributed by atoms with Crippen molar-refractivity contribution in [3.63, 3.8) is 0 Å². The number of anilines is 1. The maximum atomic E-state index is 10.1. The van der Waals surface area contributed by atoms with Gasteiger partial charge in [-0.15, -0.1) is 0 Å². The summed E-state index contributed by atoms with van der Waals surface area (Å²) in [5.41, 5.74) is 2.47. The van der Waals surface area contributed by atoms with Crippen LogP contribution in [0, 0.1) is 0 Å². The number of pyridine rings is 1. The fraction of sp³-hybridized carbons (Fsp3) is 0.316. The van der Waals surface area contributed by atoms with Gasteiger partial charge in [0.15, 0.2) is 11.5 Å². The van der Waals surface area contributed by atoms with E-state index in [0.717, 1.165) is 48.7 Å². The van der Waals surface area contributed by atoms with Crippen molar-refractivity contribution in [2.45, 2.75) is 18.9 Å². The van der Waals surface area contributed by atoms with Gasteiger partial charge >= 0.3 is 0 Å². The number of ether oxygens (including phenoxy) is 2. The Morgan fingerprint density at radius 1 is 1.36 bits per heavy atom. The van der Waals surface area contributed by atoms with Crippen LogP contribution in [0.4, 0.5) is 5.82 Å². The lowest BCUT2D eigenvalue weighted by molar-refractivity contribution is 0.120. The highest BCUT2D eigenvalue weighted by Crippen LogP contribution is 2.35. The van der Waals surface area contributed by atoms with Crippen LogP contribution in [0.15, 0.2) is 42.6 Å². The van der Waals surface area contributed by atoms with Gasteiger partial charge in [0.1, 0.15) is 17.2 Å². The first-order chi connectivity index (χ1) is 12.3. The fourth-order valence-electron chi connectivity index (χ4n) is 3.22. The molecule has 1 unspecified atom stereocenters. The number of nitrogens with one attached hydrogen (secondary N) is 1. The van der Waals surface area contributed by atoms with Crippen molar-refractivity contribution in [1.82, 2.24) is 9.38 Å². The molecule has 6 heteroatoms. The molecule has 0 spiro atoms. The molecule has 0 radical (unpaired) electrons. The summed E-state index contributed by atoms with van der Waals surface area (Å²) in [4.78, 5) is 4.73. The molecule has 3 heterocycles. The van der Waals surface area contributed by atoms with Gasteiger partial charge in [-0.3, -0.25) is 4.40 Å². The fourth-order valence-corrected chi connectivity index (χ4v) is 3.22. The van der Waals surface area contributed by atoms with E-state index < -0.39 is 0 Å². The Bertz CT molecular complexity index is 885. The molecule has 25 heavy (non-hydrogen) atoms. The smallest absolute Gasteiger partial charge is 0.160 e. The molecule has 6 nitrogen and oxygen atoms in total. The largest absolute Gasteiger partial charge is 0.504 e. The molecule has 1 aliphatic rings. The van der Waals surface area contributed by atoms with E-state index in [9.17, 15) is 5.11 Å². The van der Waals surface area contributed by atoms with Gasteiger partial charge in [-0.1, -0.05) is 6.07 Å². The van der Waals surface area contributed by atoms with Crippen LogP contribution >= 0.6 is 0 Å².